The summed E-state index contributed by atoms with van der Waals surface area (Å²) in [4.78, 5) is 12.6. The standard InChI is InChI=1S/C17H19N3O2/c1-22-13-5-7-14-11(10-13)2-6-15(14)17(21)19-16-8-9-18-20(16)12-3-4-12/h5,7-10,12,15H,2-4,6H2,1H3,(H,19,21)/t15-/m1/s1. The highest BCUT2D eigenvalue weighted by atomic mass is 16.5. The number of rotatable bonds is 4. The molecule has 2 aromatic rings. The molecule has 0 bridgehead atoms. The van der Waals surface area contributed by atoms with Crippen molar-refractivity contribution in [1.82, 2.24) is 9.78 Å². The van der Waals surface area contributed by atoms with E-state index < -0.39 is 0 Å². The Kier molecular flexibility index (Phi) is 3.13. The number of nitrogens with zero attached hydrogens (tertiary/aromatic N) is 2. The maximum atomic E-state index is 12.6. The van der Waals surface area contributed by atoms with Crippen molar-refractivity contribution in [3.05, 3.63) is 41.6 Å². The Hall–Kier alpha value is -2.30. The maximum absolute atomic E-state index is 12.6. The van der Waals surface area contributed by atoms with Crippen LogP contribution >= 0.6 is 0 Å². The second kappa shape index (κ2) is 5.16. The molecule has 0 radical (unpaired) electrons. The van der Waals surface area contributed by atoms with Gasteiger partial charge in [0.15, 0.2) is 0 Å². The van der Waals surface area contributed by atoms with Gasteiger partial charge in [-0.25, -0.2) is 4.68 Å². The third-order valence-corrected chi connectivity index (χ3v) is 4.56. The lowest BCUT2D eigenvalue weighted by atomic mass is 10.0. The molecule has 5 nitrogen and oxygen atoms in total. The summed E-state index contributed by atoms with van der Waals surface area (Å²) in [6.07, 6.45) is 5.83. The van der Waals surface area contributed by atoms with Gasteiger partial charge in [-0.05, 0) is 48.9 Å². The number of aryl methyl sites for hydroxylation is 1. The maximum Gasteiger partial charge on any atom is 0.233 e. The molecule has 22 heavy (non-hydrogen) atoms. The molecule has 1 N–H and O–H groups in total. The number of carbonyl (C=O) groups excluding carboxylic acids is 1. The molecule has 114 valence electrons. The summed E-state index contributed by atoms with van der Waals surface area (Å²) in [5, 5.41) is 7.36. The van der Waals surface area contributed by atoms with Crippen LogP contribution in [0.4, 0.5) is 5.82 Å². The van der Waals surface area contributed by atoms with Gasteiger partial charge < -0.3 is 10.1 Å². The Balaban J connectivity index is 1.54. The van der Waals surface area contributed by atoms with E-state index in [0.717, 1.165) is 42.8 Å². The van der Waals surface area contributed by atoms with E-state index in [4.69, 9.17) is 4.74 Å². The van der Waals surface area contributed by atoms with Gasteiger partial charge in [0.25, 0.3) is 0 Å². The van der Waals surface area contributed by atoms with Crippen molar-refractivity contribution in [2.24, 2.45) is 0 Å². The minimum absolute atomic E-state index is 0.0614. The molecule has 0 unspecified atom stereocenters. The molecule has 5 heteroatoms. The summed E-state index contributed by atoms with van der Waals surface area (Å²) in [6.45, 7) is 0. The number of nitrogens with one attached hydrogen (secondary N) is 1. The molecule has 2 aliphatic carbocycles. The molecule has 1 aromatic heterocycles. The predicted molar refractivity (Wildman–Crippen MR) is 83.2 cm³/mol. The van der Waals surface area contributed by atoms with E-state index in [9.17, 15) is 4.79 Å². The molecule has 1 fully saturated rings. The number of hydrogen-bond donors (Lipinski definition) is 1. The van der Waals surface area contributed by atoms with E-state index >= 15 is 0 Å². The van der Waals surface area contributed by atoms with E-state index in [1.165, 1.54) is 5.56 Å². The molecular weight excluding hydrogens is 278 g/mol. The third-order valence-electron chi connectivity index (χ3n) is 4.56. The van der Waals surface area contributed by atoms with Crippen LogP contribution in [0.25, 0.3) is 0 Å². The number of aromatic nitrogens is 2. The fourth-order valence-electron chi connectivity index (χ4n) is 3.23. The summed E-state index contributed by atoms with van der Waals surface area (Å²) in [7, 11) is 1.67. The summed E-state index contributed by atoms with van der Waals surface area (Å²) >= 11 is 0. The molecule has 0 spiro atoms. The zero-order valence-corrected chi connectivity index (χ0v) is 12.6. The molecular formula is C17H19N3O2. The number of methoxy groups -OCH3 is 1. The topological polar surface area (TPSA) is 56.1 Å². The molecule has 0 saturated heterocycles. The molecule has 1 atom stereocenters. The monoisotopic (exact) mass is 297 g/mol. The SMILES string of the molecule is COc1ccc2c(c1)CC[C@H]2C(=O)Nc1ccnn1C1CC1. The summed E-state index contributed by atoms with van der Waals surface area (Å²) in [6, 6.07) is 8.32. The van der Waals surface area contributed by atoms with Crippen LogP contribution in [0.15, 0.2) is 30.5 Å². The van der Waals surface area contributed by atoms with Crippen LogP contribution in [0.1, 0.15) is 42.3 Å². The highest BCUT2D eigenvalue weighted by Crippen LogP contribution is 2.38. The van der Waals surface area contributed by atoms with E-state index in [1.807, 2.05) is 28.9 Å². The zero-order chi connectivity index (χ0) is 15.1. The largest absolute Gasteiger partial charge is 0.497 e. The predicted octanol–water partition coefficient (Wildman–Crippen LogP) is 2.90. The number of anilines is 1. The van der Waals surface area contributed by atoms with Crippen molar-refractivity contribution in [2.75, 3.05) is 12.4 Å². The minimum atomic E-state index is -0.0801. The van der Waals surface area contributed by atoms with Gasteiger partial charge >= 0.3 is 0 Å². The summed E-state index contributed by atoms with van der Waals surface area (Å²) in [5.41, 5.74) is 2.34. The highest BCUT2D eigenvalue weighted by molar-refractivity contribution is 5.96. The van der Waals surface area contributed by atoms with Crippen molar-refractivity contribution in [1.29, 1.82) is 0 Å². The number of benzene rings is 1. The molecule has 1 amide bonds. The van der Waals surface area contributed by atoms with Gasteiger partial charge in [0.05, 0.1) is 25.3 Å². The lowest BCUT2D eigenvalue weighted by Crippen LogP contribution is -2.21. The second-order valence-electron chi connectivity index (χ2n) is 6.04. The lowest BCUT2D eigenvalue weighted by Gasteiger charge is -2.13. The zero-order valence-electron chi connectivity index (χ0n) is 12.6. The van der Waals surface area contributed by atoms with Crippen LogP contribution < -0.4 is 10.1 Å². The number of amides is 1. The first-order chi connectivity index (χ1) is 10.8. The van der Waals surface area contributed by atoms with Gasteiger partial charge in [-0.15, -0.1) is 0 Å². The van der Waals surface area contributed by atoms with Crippen molar-refractivity contribution in [3.8, 4) is 5.75 Å². The van der Waals surface area contributed by atoms with Crippen LogP contribution in [0.3, 0.4) is 0 Å². The quantitative estimate of drug-likeness (QED) is 0.944. The summed E-state index contributed by atoms with van der Waals surface area (Å²) < 4.78 is 7.19. The van der Waals surface area contributed by atoms with E-state index in [-0.39, 0.29) is 11.8 Å². The van der Waals surface area contributed by atoms with Crippen molar-refractivity contribution in [3.63, 3.8) is 0 Å². The van der Waals surface area contributed by atoms with Crippen LogP contribution in [0, 0.1) is 0 Å². The van der Waals surface area contributed by atoms with Gasteiger partial charge in [0.2, 0.25) is 5.91 Å². The van der Waals surface area contributed by atoms with Gasteiger partial charge in [-0.1, -0.05) is 6.07 Å². The van der Waals surface area contributed by atoms with E-state index in [2.05, 4.69) is 10.4 Å². The Labute approximate surface area is 129 Å². The minimum Gasteiger partial charge on any atom is -0.497 e. The van der Waals surface area contributed by atoms with Gasteiger partial charge in [0.1, 0.15) is 11.6 Å². The van der Waals surface area contributed by atoms with Gasteiger partial charge in [-0.3, -0.25) is 4.79 Å². The van der Waals surface area contributed by atoms with Crippen molar-refractivity contribution < 1.29 is 9.53 Å². The van der Waals surface area contributed by atoms with Crippen molar-refractivity contribution >= 4 is 11.7 Å². The molecule has 4 rings (SSSR count). The Morgan fingerprint density at radius 1 is 1.32 bits per heavy atom. The molecule has 1 aromatic carbocycles. The normalized spacial score (nSPS) is 19.8. The third kappa shape index (κ3) is 2.26. The van der Waals surface area contributed by atoms with Crippen molar-refractivity contribution in [2.45, 2.75) is 37.6 Å². The van der Waals surface area contributed by atoms with Crippen LogP contribution in [-0.2, 0) is 11.2 Å². The number of carbonyl (C=O) groups is 1. The van der Waals surface area contributed by atoms with Gasteiger partial charge in [-0.2, -0.15) is 5.10 Å². The number of ether oxygens (including phenoxy) is 1. The summed E-state index contributed by atoms with van der Waals surface area (Å²) in [5.74, 6) is 1.65. The van der Waals surface area contributed by atoms with Crippen LogP contribution in [0.5, 0.6) is 5.75 Å². The molecule has 1 saturated carbocycles. The average Bonchev–Trinajstić information content (AvgIpc) is 3.12. The fraction of sp³-hybridized carbons (Fsp3) is 0.412. The Morgan fingerprint density at radius 3 is 2.95 bits per heavy atom. The van der Waals surface area contributed by atoms with Gasteiger partial charge in [0, 0.05) is 6.07 Å². The smallest absolute Gasteiger partial charge is 0.233 e. The Bertz CT molecular complexity index is 718. The first-order valence-corrected chi connectivity index (χ1v) is 7.77. The number of fused-ring (bicyclic) bond motifs is 1. The number of hydrogen-bond acceptors (Lipinski definition) is 3. The first-order valence-electron chi connectivity index (χ1n) is 7.77. The van der Waals surface area contributed by atoms with E-state index in [0.29, 0.717) is 6.04 Å². The molecule has 0 aliphatic heterocycles. The highest BCUT2D eigenvalue weighted by Gasteiger charge is 2.31. The van der Waals surface area contributed by atoms with Crippen LogP contribution in [-0.4, -0.2) is 22.8 Å². The van der Waals surface area contributed by atoms with E-state index in [1.54, 1.807) is 13.3 Å². The fourth-order valence-corrected chi connectivity index (χ4v) is 3.23. The average molecular weight is 297 g/mol. The molecule has 1 heterocycles. The molecule has 2 aliphatic rings. The second-order valence-corrected chi connectivity index (χ2v) is 6.04. The Morgan fingerprint density at radius 2 is 2.18 bits per heavy atom. The lowest BCUT2D eigenvalue weighted by molar-refractivity contribution is -0.117. The van der Waals surface area contributed by atoms with Crippen LogP contribution in [0.2, 0.25) is 0 Å². The first kappa shape index (κ1) is 13.4.